The minimum atomic E-state index is 0.188. The van der Waals surface area contributed by atoms with E-state index in [2.05, 4.69) is 45.1 Å². The molecule has 0 bridgehead atoms. The van der Waals surface area contributed by atoms with Crippen molar-refractivity contribution in [2.75, 3.05) is 20.8 Å². The quantitative estimate of drug-likeness (QED) is 0.785. The van der Waals surface area contributed by atoms with Gasteiger partial charge in [-0.05, 0) is 56.0 Å². The van der Waals surface area contributed by atoms with Crippen LogP contribution in [0.4, 0.5) is 0 Å². The lowest BCUT2D eigenvalue weighted by Gasteiger charge is -2.28. The molecule has 2 atom stereocenters. The molecule has 0 aromatic heterocycles. The van der Waals surface area contributed by atoms with Crippen LogP contribution in [0.25, 0.3) is 0 Å². The lowest BCUT2D eigenvalue weighted by Crippen LogP contribution is -2.34. The van der Waals surface area contributed by atoms with Gasteiger partial charge in [-0.1, -0.05) is 19.9 Å². The molecule has 1 aromatic rings. The first kappa shape index (κ1) is 17.0. The van der Waals surface area contributed by atoms with Gasteiger partial charge >= 0.3 is 0 Å². The normalized spacial score (nSPS) is 14.1. The van der Waals surface area contributed by atoms with Crippen molar-refractivity contribution in [3.8, 4) is 5.75 Å². The molecule has 0 saturated heterocycles. The van der Waals surface area contributed by atoms with E-state index < -0.39 is 0 Å². The molecule has 114 valence electrons. The summed E-state index contributed by atoms with van der Waals surface area (Å²) in [6.07, 6.45) is 2.29. The van der Waals surface area contributed by atoms with Crippen LogP contribution in [0.2, 0.25) is 0 Å². The molecule has 0 spiro atoms. The van der Waals surface area contributed by atoms with Crippen LogP contribution in [0, 0.1) is 13.8 Å². The fourth-order valence-corrected chi connectivity index (χ4v) is 2.65. The van der Waals surface area contributed by atoms with Gasteiger partial charge in [0.05, 0.1) is 19.3 Å². The van der Waals surface area contributed by atoms with Crippen molar-refractivity contribution in [3.63, 3.8) is 0 Å². The third-order valence-corrected chi connectivity index (χ3v) is 3.81. The van der Waals surface area contributed by atoms with Gasteiger partial charge in [-0.25, -0.2) is 0 Å². The smallest absolute Gasteiger partial charge is 0.122 e. The van der Waals surface area contributed by atoms with E-state index in [1.807, 2.05) is 0 Å². The Morgan fingerprint density at radius 1 is 1.10 bits per heavy atom. The summed E-state index contributed by atoms with van der Waals surface area (Å²) >= 11 is 0. The van der Waals surface area contributed by atoms with E-state index in [9.17, 15) is 0 Å². The zero-order chi connectivity index (χ0) is 15.1. The van der Waals surface area contributed by atoms with Gasteiger partial charge in [-0.2, -0.15) is 0 Å². The molecule has 1 aromatic carbocycles. The molecule has 0 fully saturated rings. The summed E-state index contributed by atoms with van der Waals surface area (Å²) in [4.78, 5) is 0. The van der Waals surface area contributed by atoms with Crippen LogP contribution in [0.15, 0.2) is 12.1 Å². The highest BCUT2D eigenvalue weighted by Crippen LogP contribution is 2.30. The second-order valence-corrected chi connectivity index (χ2v) is 5.29. The largest absolute Gasteiger partial charge is 0.496 e. The zero-order valence-corrected chi connectivity index (χ0v) is 13.7. The third kappa shape index (κ3) is 3.97. The number of hydrogen-bond donors (Lipinski definition) is 1. The van der Waals surface area contributed by atoms with Gasteiger partial charge in [0.15, 0.2) is 0 Å². The molecular formula is C17H29NO2. The third-order valence-electron chi connectivity index (χ3n) is 3.81. The van der Waals surface area contributed by atoms with E-state index in [1.54, 1.807) is 14.2 Å². The molecule has 1 rings (SSSR count). The van der Waals surface area contributed by atoms with Crippen LogP contribution in [0.3, 0.4) is 0 Å². The Bertz CT molecular complexity index is 414. The van der Waals surface area contributed by atoms with Crippen molar-refractivity contribution in [3.05, 3.63) is 28.8 Å². The summed E-state index contributed by atoms with van der Waals surface area (Å²) in [7, 11) is 3.51. The van der Waals surface area contributed by atoms with Crippen molar-refractivity contribution in [2.24, 2.45) is 0 Å². The van der Waals surface area contributed by atoms with Gasteiger partial charge in [0.1, 0.15) is 5.75 Å². The number of rotatable bonds is 8. The Morgan fingerprint density at radius 3 is 2.30 bits per heavy atom. The minimum absolute atomic E-state index is 0.188. The van der Waals surface area contributed by atoms with Crippen molar-refractivity contribution in [2.45, 2.75) is 52.7 Å². The van der Waals surface area contributed by atoms with E-state index in [-0.39, 0.29) is 12.1 Å². The average molecular weight is 279 g/mol. The van der Waals surface area contributed by atoms with Crippen LogP contribution >= 0.6 is 0 Å². The molecule has 2 unspecified atom stereocenters. The molecule has 3 nitrogen and oxygen atoms in total. The highest BCUT2D eigenvalue weighted by atomic mass is 16.5. The molecule has 0 radical (unpaired) electrons. The first-order valence-electron chi connectivity index (χ1n) is 7.50. The standard InChI is InChI=1S/C17H29NO2/c1-7-9-18-17(15(8-2)19-5)14-10-13(4)16(20-6)11-12(14)3/h10-11,15,17-18H,7-9H2,1-6H3. The Labute approximate surface area is 123 Å². The summed E-state index contributed by atoms with van der Waals surface area (Å²) in [6.45, 7) is 9.58. The Hall–Kier alpha value is -1.06. The van der Waals surface area contributed by atoms with Gasteiger partial charge in [0.25, 0.3) is 0 Å². The first-order valence-corrected chi connectivity index (χ1v) is 7.50. The number of methoxy groups -OCH3 is 2. The summed E-state index contributed by atoms with van der Waals surface area (Å²) in [5, 5.41) is 3.63. The molecule has 0 aliphatic heterocycles. The fourth-order valence-electron chi connectivity index (χ4n) is 2.65. The topological polar surface area (TPSA) is 30.5 Å². The van der Waals surface area contributed by atoms with Gasteiger partial charge in [0, 0.05) is 7.11 Å². The molecule has 0 aliphatic rings. The van der Waals surface area contributed by atoms with E-state index in [1.165, 1.54) is 16.7 Å². The van der Waals surface area contributed by atoms with Crippen LogP contribution < -0.4 is 10.1 Å². The molecular weight excluding hydrogens is 250 g/mol. The lowest BCUT2D eigenvalue weighted by atomic mass is 9.93. The maximum absolute atomic E-state index is 5.67. The van der Waals surface area contributed by atoms with Gasteiger partial charge in [-0.3, -0.25) is 0 Å². The summed E-state index contributed by atoms with van der Waals surface area (Å²) < 4.78 is 11.1. The lowest BCUT2D eigenvalue weighted by molar-refractivity contribution is 0.0648. The molecule has 20 heavy (non-hydrogen) atoms. The molecule has 0 heterocycles. The maximum Gasteiger partial charge on any atom is 0.122 e. The van der Waals surface area contributed by atoms with Crippen molar-refractivity contribution in [1.29, 1.82) is 0 Å². The predicted molar refractivity (Wildman–Crippen MR) is 84.6 cm³/mol. The van der Waals surface area contributed by atoms with E-state index >= 15 is 0 Å². The van der Waals surface area contributed by atoms with Gasteiger partial charge < -0.3 is 14.8 Å². The summed E-state index contributed by atoms with van der Waals surface area (Å²) in [5.41, 5.74) is 3.73. The van der Waals surface area contributed by atoms with Crippen LogP contribution in [0.5, 0.6) is 5.75 Å². The summed E-state index contributed by atoms with van der Waals surface area (Å²) in [6, 6.07) is 4.58. The van der Waals surface area contributed by atoms with Crippen LogP contribution in [-0.4, -0.2) is 26.9 Å². The SMILES string of the molecule is CCCNC(c1cc(C)c(OC)cc1C)C(CC)OC. The second-order valence-electron chi connectivity index (χ2n) is 5.29. The molecule has 0 aliphatic carbocycles. The van der Waals surface area contributed by atoms with E-state index in [0.29, 0.717) is 0 Å². The van der Waals surface area contributed by atoms with Crippen molar-refractivity contribution >= 4 is 0 Å². The van der Waals surface area contributed by atoms with Crippen molar-refractivity contribution in [1.82, 2.24) is 5.32 Å². The van der Waals surface area contributed by atoms with Crippen molar-refractivity contribution < 1.29 is 9.47 Å². The number of benzene rings is 1. The fraction of sp³-hybridized carbons (Fsp3) is 0.647. The monoisotopic (exact) mass is 279 g/mol. The summed E-state index contributed by atoms with van der Waals surface area (Å²) in [5.74, 6) is 0.950. The number of nitrogens with one attached hydrogen (secondary N) is 1. The first-order chi connectivity index (χ1) is 9.58. The molecule has 1 N–H and O–H groups in total. The molecule has 0 saturated carbocycles. The Kier molecular flexibility index (Phi) is 7.03. The highest BCUT2D eigenvalue weighted by molar-refractivity contribution is 5.43. The molecule has 3 heteroatoms. The number of hydrogen-bond acceptors (Lipinski definition) is 3. The second kappa shape index (κ2) is 8.28. The van der Waals surface area contributed by atoms with Crippen LogP contribution in [0.1, 0.15) is 49.4 Å². The Morgan fingerprint density at radius 2 is 1.80 bits per heavy atom. The van der Waals surface area contributed by atoms with E-state index in [0.717, 1.165) is 25.1 Å². The zero-order valence-electron chi connectivity index (χ0n) is 13.7. The van der Waals surface area contributed by atoms with Gasteiger partial charge in [0.2, 0.25) is 0 Å². The number of ether oxygens (including phenoxy) is 2. The van der Waals surface area contributed by atoms with E-state index in [4.69, 9.17) is 9.47 Å². The number of aryl methyl sites for hydroxylation is 2. The Balaban J connectivity index is 3.15. The molecule has 0 amide bonds. The maximum atomic E-state index is 5.67. The average Bonchev–Trinajstić information content (AvgIpc) is 2.45. The highest BCUT2D eigenvalue weighted by Gasteiger charge is 2.23. The van der Waals surface area contributed by atoms with Gasteiger partial charge in [-0.15, -0.1) is 0 Å². The minimum Gasteiger partial charge on any atom is -0.496 e. The predicted octanol–water partition coefficient (Wildman–Crippen LogP) is 3.78. The van der Waals surface area contributed by atoms with Crippen LogP contribution in [-0.2, 0) is 4.74 Å².